The summed E-state index contributed by atoms with van der Waals surface area (Å²) in [5.41, 5.74) is 1.25. The van der Waals surface area contributed by atoms with E-state index in [0.29, 0.717) is 13.1 Å². The highest BCUT2D eigenvalue weighted by molar-refractivity contribution is 5.14. The van der Waals surface area contributed by atoms with Crippen LogP contribution in [-0.4, -0.2) is 18.2 Å². The van der Waals surface area contributed by atoms with Crippen molar-refractivity contribution in [2.45, 2.75) is 39.0 Å². The molecule has 0 saturated heterocycles. The van der Waals surface area contributed by atoms with Crippen LogP contribution in [0.4, 0.5) is 0 Å². The Morgan fingerprint density at radius 1 is 1.00 bits per heavy atom. The van der Waals surface area contributed by atoms with Crippen molar-refractivity contribution in [1.82, 2.24) is 5.06 Å². The summed E-state index contributed by atoms with van der Waals surface area (Å²) >= 11 is 0. The predicted octanol–water partition coefficient (Wildman–Crippen LogP) is 3.61. The molecule has 0 heterocycles. The lowest BCUT2D eigenvalue weighted by molar-refractivity contribution is 0.368. The number of unbranched alkanes of at least 4 members (excludes halogenated alkanes) is 3. The van der Waals surface area contributed by atoms with Crippen LogP contribution in [0.15, 0.2) is 30.3 Å². The zero-order valence-electron chi connectivity index (χ0n) is 10.2. The van der Waals surface area contributed by atoms with Crippen LogP contribution in [0, 0.1) is 5.21 Å². The number of nitrogens with zero attached hydrogens (tertiary/aromatic N) is 1. The second-order valence-electron chi connectivity index (χ2n) is 4.23. The first-order valence-electron chi connectivity index (χ1n) is 6.29. The molecule has 0 spiro atoms. The van der Waals surface area contributed by atoms with Crippen molar-refractivity contribution in [2.75, 3.05) is 13.1 Å². The summed E-state index contributed by atoms with van der Waals surface area (Å²) in [6, 6.07) is 10.2. The molecule has 1 rings (SSSR count). The molecule has 0 atom stereocenters. The van der Waals surface area contributed by atoms with E-state index < -0.39 is 0 Å². The van der Waals surface area contributed by atoms with Crippen LogP contribution < -0.4 is 0 Å². The van der Waals surface area contributed by atoms with Crippen LogP contribution in [0.1, 0.15) is 38.2 Å². The fourth-order valence-electron chi connectivity index (χ4n) is 1.73. The maximum atomic E-state index is 11.5. The Hall–Kier alpha value is -0.860. The standard InChI is InChI=1S/C14H22NO/c1-2-3-4-8-12-15(16)13-11-14-9-6-5-7-10-14/h5-7,9-10H,2-4,8,11-13H2,1H3/q-1. The van der Waals surface area contributed by atoms with E-state index in [1.165, 1.54) is 29.9 Å². The van der Waals surface area contributed by atoms with E-state index >= 15 is 0 Å². The first-order valence-corrected chi connectivity index (χ1v) is 6.29. The molecular weight excluding hydrogens is 198 g/mol. The van der Waals surface area contributed by atoms with E-state index in [9.17, 15) is 5.21 Å². The normalized spacial score (nSPS) is 10.9. The number of hydrogen-bond acceptors (Lipinski definition) is 2. The van der Waals surface area contributed by atoms with Gasteiger partial charge in [-0.15, -0.1) is 0 Å². The van der Waals surface area contributed by atoms with E-state index in [1.807, 2.05) is 18.2 Å². The van der Waals surface area contributed by atoms with Crippen molar-refractivity contribution in [2.24, 2.45) is 0 Å². The monoisotopic (exact) mass is 220 g/mol. The fourth-order valence-corrected chi connectivity index (χ4v) is 1.73. The number of benzene rings is 1. The summed E-state index contributed by atoms with van der Waals surface area (Å²) in [7, 11) is 0. The van der Waals surface area contributed by atoms with E-state index in [2.05, 4.69) is 19.1 Å². The van der Waals surface area contributed by atoms with E-state index in [0.717, 1.165) is 12.8 Å². The van der Waals surface area contributed by atoms with Gasteiger partial charge in [0, 0.05) is 0 Å². The second-order valence-corrected chi connectivity index (χ2v) is 4.23. The molecule has 0 amide bonds. The summed E-state index contributed by atoms with van der Waals surface area (Å²) in [6.07, 6.45) is 5.54. The van der Waals surface area contributed by atoms with E-state index in [-0.39, 0.29) is 0 Å². The lowest BCUT2D eigenvalue weighted by Gasteiger charge is -2.27. The van der Waals surface area contributed by atoms with Gasteiger partial charge in [-0.05, 0) is 31.5 Å². The summed E-state index contributed by atoms with van der Waals surface area (Å²) in [5, 5.41) is 12.7. The lowest BCUT2D eigenvalue weighted by Crippen LogP contribution is -2.20. The first kappa shape index (κ1) is 13.2. The molecule has 0 saturated carbocycles. The maximum absolute atomic E-state index is 11.5. The van der Waals surface area contributed by atoms with Crippen molar-refractivity contribution < 1.29 is 0 Å². The summed E-state index contributed by atoms with van der Waals surface area (Å²) < 4.78 is 0. The minimum Gasteiger partial charge on any atom is -0.785 e. The molecule has 90 valence electrons. The van der Waals surface area contributed by atoms with Gasteiger partial charge in [0.15, 0.2) is 0 Å². The molecule has 0 aliphatic carbocycles. The third-order valence-electron chi connectivity index (χ3n) is 2.75. The summed E-state index contributed by atoms with van der Waals surface area (Å²) in [5.74, 6) is 0. The zero-order chi connectivity index (χ0) is 11.6. The lowest BCUT2D eigenvalue weighted by atomic mass is 10.1. The number of hydroxylamine groups is 2. The molecule has 0 radical (unpaired) electrons. The molecule has 0 unspecified atom stereocenters. The third-order valence-corrected chi connectivity index (χ3v) is 2.75. The molecule has 0 bridgehead atoms. The van der Waals surface area contributed by atoms with E-state index in [1.54, 1.807) is 0 Å². The fraction of sp³-hybridized carbons (Fsp3) is 0.571. The molecule has 0 aliphatic rings. The van der Waals surface area contributed by atoms with E-state index in [4.69, 9.17) is 0 Å². The molecule has 2 heteroatoms. The quantitative estimate of drug-likeness (QED) is 0.494. The average Bonchev–Trinajstić information content (AvgIpc) is 2.33. The average molecular weight is 220 g/mol. The smallest absolute Gasteiger partial charge is 0.0103 e. The van der Waals surface area contributed by atoms with Gasteiger partial charge in [0.25, 0.3) is 0 Å². The van der Waals surface area contributed by atoms with Crippen molar-refractivity contribution in [3.8, 4) is 0 Å². The molecule has 1 aromatic carbocycles. The second kappa shape index (κ2) is 8.31. The van der Waals surface area contributed by atoms with Crippen LogP contribution in [0.25, 0.3) is 0 Å². The Morgan fingerprint density at radius 2 is 1.75 bits per heavy atom. The van der Waals surface area contributed by atoms with Gasteiger partial charge in [-0.2, -0.15) is 0 Å². The van der Waals surface area contributed by atoms with Gasteiger partial charge >= 0.3 is 0 Å². The minimum atomic E-state index is 0.621. The van der Waals surface area contributed by atoms with Crippen LogP contribution in [0.3, 0.4) is 0 Å². The van der Waals surface area contributed by atoms with Gasteiger partial charge in [0.2, 0.25) is 0 Å². The van der Waals surface area contributed by atoms with Crippen molar-refractivity contribution in [3.63, 3.8) is 0 Å². The Kier molecular flexibility index (Phi) is 6.86. The van der Waals surface area contributed by atoms with Crippen LogP contribution in [0.2, 0.25) is 0 Å². The molecule has 0 aliphatic heterocycles. The zero-order valence-corrected chi connectivity index (χ0v) is 10.2. The van der Waals surface area contributed by atoms with Crippen molar-refractivity contribution in [1.29, 1.82) is 0 Å². The highest BCUT2D eigenvalue weighted by Gasteiger charge is 1.94. The molecule has 0 aromatic heterocycles. The van der Waals surface area contributed by atoms with Crippen LogP contribution in [0.5, 0.6) is 0 Å². The molecule has 0 N–H and O–H groups in total. The highest BCUT2D eigenvalue weighted by Crippen LogP contribution is 2.03. The number of rotatable bonds is 8. The van der Waals surface area contributed by atoms with Crippen molar-refractivity contribution >= 4 is 0 Å². The Balaban J connectivity index is 2.08. The predicted molar refractivity (Wildman–Crippen MR) is 69.2 cm³/mol. The molecule has 2 nitrogen and oxygen atoms in total. The summed E-state index contributed by atoms with van der Waals surface area (Å²) in [6.45, 7) is 3.49. The van der Waals surface area contributed by atoms with Gasteiger partial charge in [0.05, 0.1) is 0 Å². The van der Waals surface area contributed by atoms with Gasteiger partial charge in [0.1, 0.15) is 0 Å². The van der Waals surface area contributed by atoms with Gasteiger partial charge in [-0.1, -0.05) is 56.5 Å². The Labute approximate surface area is 98.9 Å². The first-order chi connectivity index (χ1) is 7.83. The van der Waals surface area contributed by atoms with Gasteiger partial charge in [-0.3, -0.25) is 0 Å². The molecule has 0 fully saturated rings. The SMILES string of the molecule is CCCCCCN([O-])CCc1ccccc1. The maximum Gasteiger partial charge on any atom is -0.0103 e. The third kappa shape index (κ3) is 5.89. The van der Waals surface area contributed by atoms with Gasteiger partial charge < -0.3 is 10.3 Å². The largest absolute Gasteiger partial charge is 0.785 e. The number of hydrogen-bond donors (Lipinski definition) is 0. The highest BCUT2D eigenvalue weighted by atomic mass is 16.5. The Morgan fingerprint density at radius 3 is 2.44 bits per heavy atom. The molecule has 16 heavy (non-hydrogen) atoms. The van der Waals surface area contributed by atoms with Crippen molar-refractivity contribution in [3.05, 3.63) is 41.1 Å². The van der Waals surface area contributed by atoms with Crippen LogP contribution in [-0.2, 0) is 6.42 Å². The molecule has 1 aromatic rings. The van der Waals surface area contributed by atoms with Crippen LogP contribution >= 0.6 is 0 Å². The minimum absolute atomic E-state index is 0.621. The Bertz CT molecular complexity index is 261. The molecular formula is C14H22NO-. The topological polar surface area (TPSA) is 26.3 Å². The summed E-state index contributed by atoms with van der Waals surface area (Å²) in [4.78, 5) is 0. The van der Waals surface area contributed by atoms with Gasteiger partial charge in [-0.25, -0.2) is 0 Å².